The smallest absolute Gasteiger partial charge is 0.231 e. The van der Waals surface area contributed by atoms with E-state index < -0.39 is 0 Å². The molecule has 6 heteroatoms. The van der Waals surface area contributed by atoms with Crippen molar-refractivity contribution >= 4 is 33.1 Å². The third-order valence-electron chi connectivity index (χ3n) is 4.73. The topological polar surface area (TPSA) is 56.3 Å². The van der Waals surface area contributed by atoms with Gasteiger partial charge in [0.15, 0.2) is 11.5 Å². The van der Waals surface area contributed by atoms with E-state index in [2.05, 4.69) is 22.2 Å². The second-order valence-corrected chi connectivity index (χ2v) is 7.53. The zero-order chi connectivity index (χ0) is 16.1. The van der Waals surface area contributed by atoms with E-state index in [1.165, 1.54) is 22.2 Å². The highest BCUT2D eigenvalue weighted by Gasteiger charge is 2.23. The fourth-order valence-corrected chi connectivity index (χ4v) is 4.83. The molecule has 0 bridgehead atoms. The summed E-state index contributed by atoms with van der Waals surface area (Å²) in [5.41, 5.74) is 2.38. The standard InChI is InChI=1S/C18H17N3O2S/c1-10-2-4-12-15(6-10)24-18-16(12)17(19-8-20-18)21-11-3-5-13-14(7-11)23-9-22-13/h3,5,7-8,10H,2,4,6,9H2,1H3,(H,19,20,21)/t10-/m1/s1. The third kappa shape index (κ3) is 2.21. The zero-order valence-electron chi connectivity index (χ0n) is 13.3. The van der Waals surface area contributed by atoms with Gasteiger partial charge in [-0.05, 0) is 42.9 Å². The Morgan fingerprint density at radius 1 is 1.21 bits per heavy atom. The minimum atomic E-state index is 0.284. The number of anilines is 2. The van der Waals surface area contributed by atoms with Crippen LogP contribution in [0.25, 0.3) is 10.2 Å². The number of fused-ring (bicyclic) bond motifs is 4. The van der Waals surface area contributed by atoms with Crippen LogP contribution in [0.5, 0.6) is 11.5 Å². The van der Waals surface area contributed by atoms with E-state index in [1.54, 1.807) is 6.33 Å². The van der Waals surface area contributed by atoms with Gasteiger partial charge in [-0.15, -0.1) is 11.3 Å². The molecule has 5 rings (SSSR count). The molecule has 0 saturated heterocycles. The van der Waals surface area contributed by atoms with Gasteiger partial charge in [0.05, 0.1) is 5.39 Å². The third-order valence-corrected chi connectivity index (χ3v) is 5.89. The average molecular weight is 339 g/mol. The lowest BCUT2D eigenvalue weighted by molar-refractivity contribution is 0.174. The van der Waals surface area contributed by atoms with Gasteiger partial charge in [-0.3, -0.25) is 0 Å². The first-order chi connectivity index (χ1) is 11.8. The number of benzene rings is 1. The van der Waals surface area contributed by atoms with Crippen LogP contribution in [0.2, 0.25) is 0 Å². The molecule has 3 aromatic rings. The summed E-state index contributed by atoms with van der Waals surface area (Å²) in [4.78, 5) is 11.5. The van der Waals surface area contributed by atoms with Crippen molar-refractivity contribution in [2.75, 3.05) is 12.1 Å². The van der Waals surface area contributed by atoms with Crippen LogP contribution in [0.15, 0.2) is 24.5 Å². The molecule has 2 aromatic heterocycles. The molecular formula is C18H17N3O2S. The van der Waals surface area contributed by atoms with Crippen LogP contribution in [-0.4, -0.2) is 16.8 Å². The molecular weight excluding hydrogens is 322 g/mol. The van der Waals surface area contributed by atoms with Crippen LogP contribution in [0.3, 0.4) is 0 Å². The first-order valence-electron chi connectivity index (χ1n) is 8.20. The lowest BCUT2D eigenvalue weighted by Crippen LogP contribution is -2.09. The Balaban J connectivity index is 1.57. The fourth-order valence-electron chi connectivity index (χ4n) is 3.48. The highest BCUT2D eigenvalue weighted by atomic mass is 32.1. The van der Waals surface area contributed by atoms with Crippen LogP contribution < -0.4 is 14.8 Å². The van der Waals surface area contributed by atoms with E-state index >= 15 is 0 Å². The van der Waals surface area contributed by atoms with Crippen LogP contribution in [0.4, 0.5) is 11.5 Å². The van der Waals surface area contributed by atoms with Crippen molar-refractivity contribution < 1.29 is 9.47 Å². The quantitative estimate of drug-likeness (QED) is 0.755. The zero-order valence-corrected chi connectivity index (χ0v) is 14.2. The van der Waals surface area contributed by atoms with E-state index in [0.717, 1.165) is 46.6 Å². The van der Waals surface area contributed by atoms with Crippen molar-refractivity contribution in [3.8, 4) is 11.5 Å². The molecule has 1 aliphatic heterocycles. The minimum absolute atomic E-state index is 0.284. The molecule has 0 saturated carbocycles. The summed E-state index contributed by atoms with van der Waals surface area (Å²) in [5, 5.41) is 4.63. The number of nitrogens with zero attached hydrogens (tertiary/aromatic N) is 2. The maximum atomic E-state index is 5.46. The average Bonchev–Trinajstić information content (AvgIpc) is 3.18. The summed E-state index contributed by atoms with van der Waals surface area (Å²) < 4.78 is 10.8. The summed E-state index contributed by atoms with van der Waals surface area (Å²) in [7, 11) is 0. The molecule has 1 atom stereocenters. The van der Waals surface area contributed by atoms with Gasteiger partial charge in [-0.1, -0.05) is 6.92 Å². The summed E-state index contributed by atoms with van der Waals surface area (Å²) in [6.45, 7) is 2.61. The Bertz CT molecular complexity index is 937. The molecule has 0 unspecified atom stereocenters. The Morgan fingerprint density at radius 2 is 2.12 bits per heavy atom. The molecule has 1 aliphatic carbocycles. The van der Waals surface area contributed by atoms with Gasteiger partial charge in [0.25, 0.3) is 0 Å². The first-order valence-corrected chi connectivity index (χ1v) is 9.01. The van der Waals surface area contributed by atoms with E-state index in [9.17, 15) is 0 Å². The van der Waals surface area contributed by atoms with Gasteiger partial charge < -0.3 is 14.8 Å². The van der Waals surface area contributed by atoms with Crippen LogP contribution in [0, 0.1) is 5.92 Å². The van der Waals surface area contributed by atoms with Gasteiger partial charge >= 0.3 is 0 Å². The van der Waals surface area contributed by atoms with Crippen molar-refractivity contribution in [1.29, 1.82) is 0 Å². The molecule has 0 fully saturated rings. The summed E-state index contributed by atoms with van der Waals surface area (Å²) in [6, 6.07) is 5.87. The Labute approximate surface area is 143 Å². The molecule has 1 N–H and O–H groups in total. The number of hydrogen-bond donors (Lipinski definition) is 1. The Hall–Kier alpha value is -2.34. The van der Waals surface area contributed by atoms with Gasteiger partial charge in [0, 0.05) is 16.6 Å². The van der Waals surface area contributed by atoms with Gasteiger partial charge in [0.1, 0.15) is 17.0 Å². The van der Waals surface area contributed by atoms with Crippen molar-refractivity contribution in [1.82, 2.24) is 9.97 Å². The first kappa shape index (κ1) is 14.0. The normalized spacial score (nSPS) is 18.6. The van der Waals surface area contributed by atoms with E-state index in [-0.39, 0.29) is 6.79 Å². The SMILES string of the molecule is C[C@@H]1CCc2c(sc3ncnc(Nc4ccc5c(c4)OCO5)c23)C1. The second-order valence-electron chi connectivity index (χ2n) is 6.45. The monoisotopic (exact) mass is 339 g/mol. The summed E-state index contributed by atoms with van der Waals surface area (Å²) in [5.74, 6) is 3.19. The maximum Gasteiger partial charge on any atom is 0.231 e. The Morgan fingerprint density at radius 3 is 3.08 bits per heavy atom. The lowest BCUT2D eigenvalue weighted by atomic mass is 9.89. The number of rotatable bonds is 2. The molecule has 3 heterocycles. The minimum Gasteiger partial charge on any atom is -0.454 e. The second kappa shape index (κ2) is 5.34. The van der Waals surface area contributed by atoms with Crippen LogP contribution >= 0.6 is 11.3 Å². The predicted octanol–water partition coefficient (Wildman–Crippen LogP) is 4.29. The largest absolute Gasteiger partial charge is 0.454 e. The molecule has 2 aliphatic rings. The van der Waals surface area contributed by atoms with Crippen molar-refractivity contribution in [2.45, 2.75) is 26.2 Å². The highest BCUT2D eigenvalue weighted by molar-refractivity contribution is 7.19. The number of thiophene rings is 1. The number of nitrogens with one attached hydrogen (secondary N) is 1. The number of hydrogen-bond acceptors (Lipinski definition) is 6. The Kier molecular flexibility index (Phi) is 3.13. The van der Waals surface area contributed by atoms with Gasteiger partial charge in [0.2, 0.25) is 6.79 Å². The molecule has 5 nitrogen and oxygen atoms in total. The van der Waals surface area contributed by atoms with Crippen molar-refractivity contribution in [3.63, 3.8) is 0 Å². The number of aryl methyl sites for hydroxylation is 1. The van der Waals surface area contributed by atoms with E-state index in [4.69, 9.17) is 9.47 Å². The van der Waals surface area contributed by atoms with E-state index in [0.29, 0.717) is 0 Å². The lowest BCUT2D eigenvalue weighted by Gasteiger charge is -2.18. The summed E-state index contributed by atoms with van der Waals surface area (Å²) >= 11 is 1.81. The van der Waals surface area contributed by atoms with Crippen molar-refractivity contribution in [3.05, 3.63) is 35.0 Å². The predicted molar refractivity (Wildman–Crippen MR) is 94.5 cm³/mol. The van der Waals surface area contributed by atoms with Crippen molar-refractivity contribution in [2.24, 2.45) is 5.92 Å². The number of aromatic nitrogens is 2. The molecule has 0 radical (unpaired) electrons. The van der Waals surface area contributed by atoms with E-state index in [1.807, 2.05) is 29.5 Å². The molecule has 24 heavy (non-hydrogen) atoms. The van der Waals surface area contributed by atoms with Crippen LogP contribution in [-0.2, 0) is 12.8 Å². The molecule has 0 amide bonds. The maximum absolute atomic E-state index is 5.46. The molecule has 0 spiro atoms. The van der Waals surface area contributed by atoms with Crippen LogP contribution in [0.1, 0.15) is 23.8 Å². The molecule has 122 valence electrons. The van der Waals surface area contributed by atoms with Gasteiger partial charge in [-0.2, -0.15) is 0 Å². The highest BCUT2D eigenvalue weighted by Crippen LogP contribution is 2.41. The van der Waals surface area contributed by atoms with Gasteiger partial charge in [-0.25, -0.2) is 9.97 Å². The molecule has 1 aromatic carbocycles. The number of ether oxygens (including phenoxy) is 2. The fraction of sp³-hybridized carbons (Fsp3) is 0.333. The summed E-state index contributed by atoms with van der Waals surface area (Å²) in [6.07, 6.45) is 5.14.